The maximum absolute atomic E-state index is 12.1. The average molecular weight is 337 g/mol. The smallest absolute Gasteiger partial charge is 0.387 e. The largest absolute Gasteiger partial charge is 0.481 e. The van der Waals surface area contributed by atoms with Crippen LogP contribution in [0.3, 0.4) is 0 Å². The van der Waals surface area contributed by atoms with Gasteiger partial charge in [0.1, 0.15) is 11.8 Å². The molecule has 0 spiro atoms. The molecule has 2 rings (SSSR count). The van der Waals surface area contributed by atoms with Crippen molar-refractivity contribution in [3.63, 3.8) is 0 Å². The van der Waals surface area contributed by atoms with Gasteiger partial charge in [0.05, 0.1) is 19.0 Å². The van der Waals surface area contributed by atoms with E-state index in [1.807, 2.05) is 0 Å². The number of halogens is 2. The Labute approximate surface area is 137 Å². The Bertz CT molecular complexity index is 663. The minimum atomic E-state index is -2.88. The predicted molar refractivity (Wildman–Crippen MR) is 85.6 cm³/mol. The molecule has 1 aromatic heterocycles. The van der Waals surface area contributed by atoms with Crippen LogP contribution >= 0.6 is 0 Å². The van der Waals surface area contributed by atoms with Gasteiger partial charge in [0.25, 0.3) is 0 Å². The lowest BCUT2D eigenvalue weighted by Crippen LogP contribution is -2.31. The summed E-state index contributed by atoms with van der Waals surface area (Å²) in [6.07, 6.45) is 1.55. The molecule has 1 heterocycles. The number of nitrogens with one attached hydrogen (secondary N) is 2. The molecular weight excluding hydrogens is 320 g/mol. The van der Waals surface area contributed by atoms with Gasteiger partial charge in [0.2, 0.25) is 11.8 Å². The molecule has 1 atom stereocenters. The highest BCUT2D eigenvalue weighted by molar-refractivity contribution is 5.96. The number of hydrogen-bond donors (Lipinski definition) is 2. The second-order valence-electron chi connectivity index (χ2n) is 4.85. The number of pyridine rings is 1. The van der Waals surface area contributed by atoms with E-state index in [0.29, 0.717) is 17.3 Å². The second-order valence-corrected chi connectivity index (χ2v) is 4.85. The van der Waals surface area contributed by atoms with Crippen molar-refractivity contribution in [1.82, 2.24) is 4.98 Å². The van der Waals surface area contributed by atoms with Crippen molar-refractivity contribution in [1.29, 1.82) is 0 Å². The van der Waals surface area contributed by atoms with Crippen LogP contribution in [0.5, 0.6) is 11.6 Å². The van der Waals surface area contributed by atoms with Crippen LogP contribution in [0.2, 0.25) is 0 Å². The van der Waals surface area contributed by atoms with E-state index >= 15 is 0 Å². The van der Waals surface area contributed by atoms with Gasteiger partial charge in [-0.1, -0.05) is 0 Å². The first-order valence-electron chi connectivity index (χ1n) is 7.10. The summed E-state index contributed by atoms with van der Waals surface area (Å²) in [5, 5.41) is 5.67. The lowest BCUT2D eigenvalue weighted by atomic mass is 10.2. The van der Waals surface area contributed by atoms with Crippen molar-refractivity contribution in [3.05, 3.63) is 42.6 Å². The monoisotopic (exact) mass is 337 g/mol. The molecule has 0 bridgehead atoms. The molecule has 128 valence electrons. The van der Waals surface area contributed by atoms with Crippen molar-refractivity contribution in [2.75, 3.05) is 17.7 Å². The van der Waals surface area contributed by atoms with Crippen molar-refractivity contribution in [3.8, 4) is 11.6 Å². The first kappa shape index (κ1) is 17.5. The van der Waals surface area contributed by atoms with Crippen molar-refractivity contribution in [2.45, 2.75) is 19.6 Å². The summed E-state index contributed by atoms with van der Waals surface area (Å²) in [4.78, 5) is 16.2. The van der Waals surface area contributed by atoms with E-state index in [1.165, 1.54) is 31.4 Å². The molecule has 0 aliphatic rings. The number of methoxy groups -OCH3 is 1. The Balaban J connectivity index is 1.90. The van der Waals surface area contributed by atoms with Crippen LogP contribution in [-0.2, 0) is 4.79 Å². The number of benzene rings is 1. The molecule has 8 heteroatoms. The van der Waals surface area contributed by atoms with E-state index in [0.717, 1.165) is 0 Å². The first-order valence-corrected chi connectivity index (χ1v) is 7.10. The predicted octanol–water partition coefficient (Wildman–Crippen LogP) is 3.13. The second kappa shape index (κ2) is 8.09. The van der Waals surface area contributed by atoms with E-state index in [4.69, 9.17) is 4.74 Å². The molecule has 0 radical (unpaired) electrons. The van der Waals surface area contributed by atoms with Gasteiger partial charge >= 0.3 is 6.61 Å². The molecule has 6 nitrogen and oxygen atoms in total. The minimum Gasteiger partial charge on any atom is -0.481 e. The fourth-order valence-corrected chi connectivity index (χ4v) is 1.87. The molecule has 0 saturated carbocycles. The maximum Gasteiger partial charge on any atom is 0.387 e. The fourth-order valence-electron chi connectivity index (χ4n) is 1.87. The van der Waals surface area contributed by atoms with Crippen LogP contribution in [0.15, 0.2) is 42.6 Å². The van der Waals surface area contributed by atoms with Crippen molar-refractivity contribution in [2.24, 2.45) is 0 Å². The maximum atomic E-state index is 12.1. The molecule has 24 heavy (non-hydrogen) atoms. The third-order valence-electron chi connectivity index (χ3n) is 3.07. The van der Waals surface area contributed by atoms with Gasteiger partial charge in [-0.25, -0.2) is 4.98 Å². The number of anilines is 2. The van der Waals surface area contributed by atoms with Gasteiger partial charge < -0.3 is 20.1 Å². The number of hydrogen-bond acceptors (Lipinski definition) is 5. The third kappa shape index (κ3) is 5.08. The zero-order valence-electron chi connectivity index (χ0n) is 13.1. The van der Waals surface area contributed by atoms with E-state index in [9.17, 15) is 13.6 Å². The summed E-state index contributed by atoms with van der Waals surface area (Å²) in [6.45, 7) is -1.19. The van der Waals surface area contributed by atoms with E-state index in [-0.39, 0.29) is 11.7 Å². The fraction of sp³-hybridized carbons (Fsp3) is 0.250. The van der Waals surface area contributed by atoms with Crippen LogP contribution in [0.25, 0.3) is 0 Å². The van der Waals surface area contributed by atoms with Gasteiger partial charge in [0, 0.05) is 11.8 Å². The Morgan fingerprint density at radius 2 is 1.79 bits per heavy atom. The number of carbonyl (C=O) groups excluding carboxylic acids is 1. The highest BCUT2D eigenvalue weighted by atomic mass is 19.3. The van der Waals surface area contributed by atoms with Crippen LogP contribution in [0.4, 0.5) is 20.2 Å². The highest BCUT2D eigenvalue weighted by Gasteiger charge is 2.13. The van der Waals surface area contributed by atoms with Gasteiger partial charge in [-0.05, 0) is 37.3 Å². The highest BCUT2D eigenvalue weighted by Crippen LogP contribution is 2.18. The number of aromatic nitrogens is 1. The Kier molecular flexibility index (Phi) is 5.89. The summed E-state index contributed by atoms with van der Waals surface area (Å²) < 4.78 is 33.4. The Hall–Kier alpha value is -2.90. The van der Waals surface area contributed by atoms with Crippen molar-refractivity contribution >= 4 is 17.3 Å². The standard InChI is InChI=1S/C16H17F2N3O3/c1-10(20-12-5-8-14(23-2)19-9-12)15(22)21-11-3-6-13(7-4-11)24-16(17)18/h3-10,16,20H,1-2H3,(H,21,22)/t10-/m1/s1. The lowest BCUT2D eigenvalue weighted by Gasteiger charge is -2.15. The SMILES string of the molecule is COc1ccc(N[C@H](C)C(=O)Nc2ccc(OC(F)F)cc2)cn1. The summed E-state index contributed by atoms with van der Waals surface area (Å²) >= 11 is 0. The average Bonchev–Trinajstić information content (AvgIpc) is 2.56. The summed E-state index contributed by atoms with van der Waals surface area (Å²) in [6, 6.07) is 8.56. The normalized spacial score (nSPS) is 11.7. The summed E-state index contributed by atoms with van der Waals surface area (Å²) in [7, 11) is 1.52. The molecule has 0 unspecified atom stereocenters. The van der Waals surface area contributed by atoms with Crippen LogP contribution in [0, 0.1) is 0 Å². The molecule has 1 amide bonds. The zero-order valence-corrected chi connectivity index (χ0v) is 13.1. The van der Waals surface area contributed by atoms with Gasteiger partial charge in [-0.15, -0.1) is 0 Å². The molecule has 0 fully saturated rings. The van der Waals surface area contributed by atoms with Gasteiger partial charge in [-0.2, -0.15) is 8.78 Å². The Morgan fingerprint density at radius 1 is 1.12 bits per heavy atom. The van der Waals surface area contributed by atoms with Crippen LogP contribution < -0.4 is 20.1 Å². The number of ether oxygens (including phenoxy) is 2. The van der Waals surface area contributed by atoms with Crippen LogP contribution in [-0.4, -0.2) is 30.7 Å². The van der Waals surface area contributed by atoms with E-state index in [1.54, 1.807) is 25.3 Å². The number of amides is 1. The first-order chi connectivity index (χ1) is 11.5. The van der Waals surface area contributed by atoms with E-state index < -0.39 is 12.7 Å². The van der Waals surface area contributed by atoms with Crippen LogP contribution in [0.1, 0.15) is 6.92 Å². The molecular formula is C16H17F2N3O3. The van der Waals surface area contributed by atoms with Crippen molar-refractivity contribution < 1.29 is 23.0 Å². The van der Waals surface area contributed by atoms with E-state index in [2.05, 4.69) is 20.4 Å². The quantitative estimate of drug-likeness (QED) is 0.812. The Morgan fingerprint density at radius 3 is 2.33 bits per heavy atom. The lowest BCUT2D eigenvalue weighted by molar-refractivity contribution is -0.116. The summed E-state index contributed by atoms with van der Waals surface area (Å²) in [5.74, 6) is 0.218. The molecule has 0 saturated heterocycles. The molecule has 2 aromatic rings. The van der Waals surface area contributed by atoms with Gasteiger partial charge in [0.15, 0.2) is 0 Å². The molecule has 0 aliphatic heterocycles. The zero-order chi connectivity index (χ0) is 17.5. The topological polar surface area (TPSA) is 72.5 Å². The number of rotatable bonds is 7. The van der Waals surface area contributed by atoms with Gasteiger partial charge in [-0.3, -0.25) is 4.79 Å². The number of nitrogens with zero attached hydrogens (tertiary/aromatic N) is 1. The molecule has 2 N–H and O–H groups in total. The third-order valence-corrected chi connectivity index (χ3v) is 3.07. The minimum absolute atomic E-state index is 0.0264. The summed E-state index contributed by atoms with van der Waals surface area (Å²) in [5.41, 5.74) is 1.14. The molecule has 0 aliphatic carbocycles. The number of carbonyl (C=O) groups is 1. The molecule has 1 aromatic carbocycles. The number of alkyl halides is 2.